The topological polar surface area (TPSA) is 88.2 Å². The zero-order chi connectivity index (χ0) is 22.4. The molecule has 1 aromatic heterocycles. The van der Waals surface area contributed by atoms with Gasteiger partial charge in [0.1, 0.15) is 5.03 Å². The molecule has 162 valence electrons. The van der Waals surface area contributed by atoms with Gasteiger partial charge in [0.2, 0.25) is 0 Å². The highest BCUT2D eigenvalue weighted by Gasteiger charge is 2.16. The normalized spacial score (nSPS) is 12.2. The van der Waals surface area contributed by atoms with Crippen LogP contribution in [0.2, 0.25) is 0 Å². The van der Waals surface area contributed by atoms with Crippen LogP contribution in [0.4, 0.5) is 5.69 Å². The van der Waals surface area contributed by atoms with Crippen molar-refractivity contribution >= 4 is 33.4 Å². The van der Waals surface area contributed by atoms with Crippen LogP contribution in [0.5, 0.6) is 0 Å². The fourth-order valence-corrected chi connectivity index (χ4v) is 4.83. The molecule has 0 unspecified atom stereocenters. The molecule has 1 amide bonds. The van der Waals surface area contributed by atoms with E-state index in [9.17, 15) is 13.2 Å². The minimum absolute atomic E-state index is 0.114. The first-order chi connectivity index (χ1) is 14.8. The smallest absolute Gasteiger partial charge is 0.262 e. The number of hydrogen-bond donors (Lipinski definition) is 2. The number of sulfonamides is 1. The number of amides is 1. The van der Waals surface area contributed by atoms with E-state index >= 15 is 0 Å². The van der Waals surface area contributed by atoms with Crippen LogP contribution in [0.3, 0.4) is 0 Å². The van der Waals surface area contributed by atoms with Crippen LogP contribution in [-0.4, -0.2) is 25.4 Å². The Morgan fingerprint density at radius 3 is 2.39 bits per heavy atom. The second-order valence-corrected chi connectivity index (χ2v) is 9.91. The monoisotopic (exact) mass is 455 g/mol. The predicted octanol–water partition coefficient (Wildman–Crippen LogP) is 4.87. The Bertz CT molecular complexity index is 1150. The Kier molecular flexibility index (Phi) is 7.35. The number of aryl methyl sites for hydroxylation is 1. The van der Waals surface area contributed by atoms with E-state index in [2.05, 4.69) is 15.0 Å². The lowest BCUT2D eigenvalue weighted by Gasteiger charge is -2.11. The van der Waals surface area contributed by atoms with Crippen LogP contribution >= 0.6 is 11.8 Å². The molecule has 6 nitrogen and oxygen atoms in total. The highest BCUT2D eigenvalue weighted by atomic mass is 32.2. The fourth-order valence-electron chi connectivity index (χ4n) is 2.76. The summed E-state index contributed by atoms with van der Waals surface area (Å²) in [6, 6.07) is 17.6. The number of hydrogen-bond acceptors (Lipinski definition) is 5. The summed E-state index contributed by atoms with van der Waals surface area (Å²) in [6.07, 6.45) is 2.43. The van der Waals surface area contributed by atoms with Crippen molar-refractivity contribution in [2.75, 3.05) is 4.72 Å². The first kappa shape index (κ1) is 22.8. The SMILES string of the molecule is CC[C@H](C)NC(=O)c1ccc(Sc2ccc(NS(=O)(=O)c3ccccc3C)cc2)nc1. The zero-order valence-corrected chi connectivity index (χ0v) is 19.3. The number of rotatable bonds is 8. The Labute approximate surface area is 187 Å². The van der Waals surface area contributed by atoms with Crippen molar-refractivity contribution in [3.05, 3.63) is 78.0 Å². The fraction of sp³-hybridized carbons (Fsp3) is 0.217. The van der Waals surface area contributed by atoms with Gasteiger partial charge < -0.3 is 5.32 Å². The van der Waals surface area contributed by atoms with Crippen LogP contribution in [-0.2, 0) is 10.0 Å². The van der Waals surface area contributed by atoms with Crippen molar-refractivity contribution in [2.45, 2.75) is 48.1 Å². The van der Waals surface area contributed by atoms with Gasteiger partial charge in [0.05, 0.1) is 10.5 Å². The molecule has 2 N–H and O–H groups in total. The largest absolute Gasteiger partial charge is 0.350 e. The van der Waals surface area contributed by atoms with E-state index in [0.29, 0.717) is 16.8 Å². The summed E-state index contributed by atoms with van der Waals surface area (Å²) < 4.78 is 27.8. The summed E-state index contributed by atoms with van der Waals surface area (Å²) in [5.74, 6) is -0.135. The average Bonchev–Trinajstić information content (AvgIpc) is 2.75. The Balaban J connectivity index is 1.64. The van der Waals surface area contributed by atoms with Gasteiger partial charge in [-0.2, -0.15) is 0 Å². The molecule has 0 aliphatic carbocycles. The van der Waals surface area contributed by atoms with E-state index in [1.54, 1.807) is 61.7 Å². The molecule has 0 aliphatic rings. The van der Waals surface area contributed by atoms with Crippen LogP contribution in [0, 0.1) is 6.92 Å². The Morgan fingerprint density at radius 2 is 1.77 bits per heavy atom. The summed E-state index contributed by atoms with van der Waals surface area (Å²) in [4.78, 5) is 17.7. The average molecular weight is 456 g/mol. The second kappa shape index (κ2) is 9.98. The number of nitrogens with zero attached hydrogens (tertiary/aromatic N) is 1. The summed E-state index contributed by atoms with van der Waals surface area (Å²) in [6.45, 7) is 5.74. The van der Waals surface area contributed by atoms with Gasteiger partial charge in [0.15, 0.2) is 0 Å². The number of carbonyl (C=O) groups excluding carboxylic acids is 1. The molecule has 1 atom stereocenters. The van der Waals surface area contributed by atoms with Gasteiger partial charge in [-0.25, -0.2) is 13.4 Å². The van der Waals surface area contributed by atoms with Gasteiger partial charge >= 0.3 is 0 Å². The molecule has 0 radical (unpaired) electrons. The molecule has 0 aliphatic heterocycles. The van der Waals surface area contributed by atoms with Crippen molar-refractivity contribution < 1.29 is 13.2 Å². The van der Waals surface area contributed by atoms with E-state index in [1.165, 1.54) is 11.8 Å². The molecular formula is C23H25N3O3S2. The van der Waals surface area contributed by atoms with E-state index in [4.69, 9.17) is 0 Å². The van der Waals surface area contributed by atoms with E-state index in [1.807, 2.05) is 26.0 Å². The van der Waals surface area contributed by atoms with Gasteiger partial charge in [0.25, 0.3) is 15.9 Å². The lowest BCUT2D eigenvalue weighted by Crippen LogP contribution is -2.31. The molecule has 1 heterocycles. The third-order valence-corrected chi connectivity index (χ3v) is 7.20. The first-order valence-electron chi connectivity index (χ1n) is 9.92. The van der Waals surface area contributed by atoms with Crippen molar-refractivity contribution in [1.29, 1.82) is 0 Å². The molecule has 2 aromatic carbocycles. The van der Waals surface area contributed by atoms with Crippen LogP contribution in [0.25, 0.3) is 0 Å². The molecule has 31 heavy (non-hydrogen) atoms. The molecule has 8 heteroatoms. The third-order valence-electron chi connectivity index (χ3n) is 4.70. The molecular weight excluding hydrogens is 430 g/mol. The predicted molar refractivity (Wildman–Crippen MR) is 124 cm³/mol. The standard InChI is InChI=1S/C23H25N3O3S2/c1-4-17(3)25-23(27)18-9-14-22(24-15-18)30-20-12-10-19(11-13-20)26-31(28,29)21-8-6-5-7-16(21)2/h5-15,17,26H,4H2,1-3H3,(H,25,27)/t17-/m0/s1. The van der Waals surface area contributed by atoms with E-state index < -0.39 is 10.0 Å². The van der Waals surface area contributed by atoms with Gasteiger partial charge in [0, 0.05) is 22.8 Å². The first-order valence-corrected chi connectivity index (χ1v) is 12.2. The maximum atomic E-state index is 12.6. The minimum Gasteiger partial charge on any atom is -0.350 e. The Hall–Kier alpha value is -2.84. The van der Waals surface area contributed by atoms with Gasteiger partial charge in [-0.15, -0.1) is 0 Å². The van der Waals surface area contributed by atoms with Crippen molar-refractivity contribution in [3.63, 3.8) is 0 Å². The summed E-state index contributed by atoms with van der Waals surface area (Å²) in [7, 11) is -3.65. The van der Waals surface area contributed by atoms with Crippen molar-refractivity contribution in [1.82, 2.24) is 10.3 Å². The van der Waals surface area contributed by atoms with Crippen LogP contribution in [0.15, 0.2) is 81.7 Å². The molecule has 3 aromatic rings. The summed E-state index contributed by atoms with van der Waals surface area (Å²) in [5.41, 5.74) is 1.69. The quantitative estimate of drug-likeness (QED) is 0.506. The number of aromatic nitrogens is 1. The highest BCUT2D eigenvalue weighted by molar-refractivity contribution is 7.99. The lowest BCUT2D eigenvalue weighted by molar-refractivity contribution is 0.0939. The Morgan fingerprint density at radius 1 is 1.06 bits per heavy atom. The summed E-state index contributed by atoms with van der Waals surface area (Å²) in [5, 5.41) is 3.66. The maximum absolute atomic E-state index is 12.6. The molecule has 0 saturated heterocycles. The van der Waals surface area contributed by atoms with Crippen molar-refractivity contribution in [3.8, 4) is 0 Å². The number of benzene rings is 2. The lowest BCUT2D eigenvalue weighted by atomic mass is 10.2. The van der Waals surface area contributed by atoms with Crippen LogP contribution in [0.1, 0.15) is 36.2 Å². The molecule has 0 spiro atoms. The number of anilines is 1. The van der Waals surface area contributed by atoms with Gasteiger partial charge in [-0.3, -0.25) is 9.52 Å². The highest BCUT2D eigenvalue weighted by Crippen LogP contribution is 2.28. The third kappa shape index (κ3) is 6.08. The molecule has 0 bridgehead atoms. The van der Waals surface area contributed by atoms with E-state index in [-0.39, 0.29) is 16.8 Å². The zero-order valence-electron chi connectivity index (χ0n) is 17.6. The maximum Gasteiger partial charge on any atom is 0.262 e. The molecule has 0 fully saturated rings. The summed E-state index contributed by atoms with van der Waals surface area (Å²) >= 11 is 1.43. The minimum atomic E-state index is -3.65. The second-order valence-electron chi connectivity index (χ2n) is 7.17. The van der Waals surface area contributed by atoms with E-state index in [0.717, 1.165) is 16.3 Å². The molecule has 0 saturated carbocycles. The van der Waals surface area contributed by atoms with Crippen LogP contribution < -0.4 is 10.0 Å². The van der Waals surface area contributed by atoms with Gasteiger partial charge in [-0.1, -0.05) is 36.9 Å². The number of nitrogens with one attached hydrogen (secondary N) is 2. The van der Waals surface area contributed by atoms with Crippen molar-refractivity contribution in [2.24, 2.45) is 0 Å². The molecule has 3 rings (SSSR count). The number of carbonyl (C=O) groups is 1. The number of pyridine rings is 1. The van der Waals surface area contributed by atoms with Gasteiger partial charge in [-0.05, 0) is 68.3 Å².